The molecule has 0 bridgehead atoms. The molecule has 0 aliphatic heterocycles. The van der Waals surface area contributed by atoms with E-state index in [4.69, 9.17) is 4.74 Å². The zero-order chi connectivity index (χ0) is 11.4. The van der Waals surface area contributed by atoms with Gasteiger partial charge >= 0.3 is 0 Å². The van der Waals surface area contributed by atoms with Crippen LogP contribution in [-0.2, 0) is 0 Å². The summed E-state index contributed by atoms with van der Waals surface area (Å²) in [6.45, 7) is 7.77. The van der Waals surface area contributed by atoms with E-state index < -0.39 is 0 Å². The number of ether oxygens (including phenoxy) is 1. The molecule has 1 rings (SSSR count). The molecule has 0 radical (unpaired) electrons. The van der Waals surface area contributed by atoms with Gasteiger partial charge in [-0.05, 0) is 38.5 Å². The van der Waals surface area contributed by atoms with Crippen LogP contribution in [0.1, 0.15) is 43.1 Å². The van der Waals surface area contributed by atoms with Crippen LogP contribution in [0.2, 0.25) is 0 Å². The molecule has 1 aromatic rings. The van der Waals surface area contributed by atoms with E-state index in [2.05, 4.69) is 0 Å². The van der Waals surface area contributed by atoms with Crippen LogP contribution in [-0.4, -0.2) is 11.9 Å². The monoisotopic (exact) mass is 206 g/mol. The van der Waals surface area contributed by atoms with Crippen LogP contribution in [0.25, 0.3) is 0 Å². The minimum absolute atomic E-state index is 0.136. The lowest BCUT2D eigenvalue weighted by Crippen LogP contribution is -2.07. The van der Waals surface area contributed by atoms with Crippen molar-refractivity contribution in [1.82, 2.24) is 0 Å². The van der Waals surface area contributed by atoms with Crippen LogP contribution < -0.4 is 4.74 Å². The first-order valence-corrected chi connectivity index (χ1v) is 5.35. The summed E-state index contributed by atoms with van der Waals surface area (Å²) in [7, 11) is 0. The SMILES string of the molecule is CCC(=O)c1cc(OC(C)C)ccc1C. The van der Waals surface area contributed by atoms with Crippen molar-refractivity contribution in [3.63, 3.8) is 0 Å². The molecule has 82 valence electrons. The Hall–Kier alpha value is -1.31. The highest BCUT2D eigenvalue weighted by atomic mass is 16.5. The number of carbonyl (C=O) groups is 1. The Morgan fingerprint density at radius 2 is 2.07 bits per heavy atom. The molecule has 2 heteroatoms. The van der Waals surface area contributed by atoms with Crippen LogP contribution in [0.4, 0.5) is 0 Å². The van der Waals surface area contributed by atoms with Gasteiger partial charge in [-0.2, -0.15) is 0 Å². The molecule has 0 atom stereocenters. The van der Waals surface area contributed by atoms with Gasteiger partial charge in [0.25, 0.3) is 0 Å². The third-order valence-electron chi connectivity index (χ3n) is 2.20. The van der Waals surface area contributed by atoms with E-state index in [9.17, 15) is 4.79 Å². The van der Waals surface area contributed by atoms with E-state index in [-0.39, 0.29) is 11.9 Å². The Morgan fingerprint density at radius 1 is 1.40 bits per heavy atom. The second-order valence-electron chi connectivity index (χ2n) is 3.92. The topological polar surface area (TPSA) is 26.3 Å². The van der Waals surface area contributed by atoms with Crippen molar-refractivity contribution in [2.75, 3.05) is 0 Å². The number of hydrogen-bond acceptors (Lipinski definition) is 2. The Bertz CT molecular complexity index is 354. The highest BCUT2D eigenvalue weighted by Gasteiger charge is 2.08. The van der Waals surface area contributed by atoms with Crippen LogP contribution in [0, 0.1) is 6.92 Å². The number of benzene rings is 1. The summed E-state index contributed by atoms with van der Waals surface area (Å²) in [5.41, 5.74) is 1.79. The maximum Gasteiger partial charge on any atom is 0.163 e. The first-order valence-electron chi connectivity index (χ1n) is 5.35. The maximum absolute atomic E-state index is 11.6. The summed E-state index contributed by atoms with van der Waals surface area (Å²) in [6.07, 6.45) is 0.670. The highest BCUT2D eigenvalue weighted by Crippen LogP contribution is 2.19. The van der Waals surface area contributed by atoms with Crippen molar-refractivity contribution in [1.29, 1.82) is 0 Å². The fraction of sp³-hybridized carbons (Fsp3) is 0.462. The van der Waals surface area contributed by atoms with Crippen molar-refractivity contribution >= 4 is 5.78 Å². The summed E-state index contributed by atoms with van der Waals surface area (Å²) in [5.74, 6) is 0.939. The molecule has 0 amide bonds. The van der Waals surface area contributed by atoms with Crippen LogP contribution >= 0.6 is 0 Å². The lowest BCUT2D eigenvalue weighted by molar-refractivity contribution is 0.0987. The first-order chi connectivity index (χ1) is 7.04. The summed E-state index contributed by atoms with van der Waals surface area (Å²) < 4.78 is 5.55. The molecule has 0 heterocycles. The molecule has 0 aliphatic carbocycles. The van der Waals surface area contributed by atoms with Gasteiger partial charge in [0.1, 0.15) is 5.75 Å². The molecule has 15 heavy (non-hydrogen) atoms. The van der Waals surface area contributed by atoms with Gasteiger partial charge in [0.2, 0.25) is 0 Å². The number of hydrogen-bond donors (Lipinski definition) is 0. The van der Waals surface area contributed by atoms with Crippen LogP contribution in [0.5, 0.6) is 5.75 Å². The molecule has 0 saturated carbocycles. The highest BCUT2D eigenvalue weighted by molar-refractivity contribution is 5.97. The predicted octanol–water partition coefficient (Wildman–Crippen LogP) is 3.37. The molecule has 0 spiro atoms. The van der Waals surface area contributed by atoms with Gasteiger partial charge in [0, 0.05) is 12.0 Å². The number of ketones is 1. The Morgan fingerprint density at radius 3 is 2.60 bits per heavy atom. The standard InChI is InChI=1S/C13H18O2/c1-5-13(14)12-8-11(15-9(2)3)7-6-10(12)4/h6-9H,5H2,1-4H3. The molecule has 0 N–H and O–H groups in total. The van der Waals surface area contributed by atoms with Crippen molar-refractivity contribution < 1.29 is 9.53 Å². The second kappa shape index (κ2) is 4.96. The smallest absolute Gasteiger partial charge is 0.163 e. The van der Waals surface area contributed by atoms with Gasteiger partial charge in [-0.1, -0.05) is 13.0 Å². The van der Waals surface area contributed by atoms with Gasteiger partial charge in [-0.15, -0.1) is 0 Å². The Labute approximate surface area is 91.3 Å². The zero-order valence-electron chi connectivity index (χ0n) is 9.83. The average molecular weight is 206 g/mol. The second-order valence-corrected chi connectivity index (χ2v) is 3.92. The van der Waals surface area contributed by atoms with E-state index >= 15 is 0 Å². The third kappa shape index (κ3) is 3.08. The number of Topliss-reactive ketones (excluding diaryl/α,β-unsaturated/α-hetero) is 1. The van der Waals surface area contributed by atoms with E-state index in [0.717, 1.165) is 16.9 Å². The fourth-order valence-electron chi connectivity index (χ4n) is 1.44. The number of aryl methyl sites for hydroxylation is 1. The molecule has 0 unspecified atom stereocenters. The van der Waals surface area contributed by atoms with Crippen molar-refractivity contribution in [3.05, 3.63) is 29.3 Å². The predicted molar refractivity (Wildman–Crippen MR) is 61.6 cm³/mol. The number of rotatable bonds is 4. The quantitative estimate of drug-likeness (QED) is 0.706. The largest absolute Gasteiger partial charge is 0.491 e. The van der Waals surface area contributed by atoms with Crippen molar-refractivity contribution in [2.24, 2.45) is 0 Å². The molecule has 0 saturated heterocycles. The molecular weight excluding hydrogens is 188 g/mol. The average Bonchev–Trinajstić information content (AvgIpc) is 2.19. The molecule has 0 aliphatic rings. The van der Waals surface area contributed by atoms with Gasteiger partial charge in [-0.3, -0.25) is 4.79 Å². The molecule has 2 nitrogen and oxygen atoms in total. The normalized spacial score (nSPS) is 10.5. The minimum Gasteiger partial charge on any atom is -0.491 e. The van der Waals surface area contributed by atoms with Crippen molar-refractivity contribution in [3.8, 4) is 5.75 Å². The van der Waals surface area contributed by atoms with E-state index in [1.54, 1.807) is 0 Å². The van der Waals surface area contributed by atoms with Gasteiger partial charge in [-0.25, -0.2) is 0 Å². The zero-order valence-corrected chi connectivity index (χ0v) is 9.83. The van der Waals surface area contributed by atoms with Crippen LogP contribution in [0.15, 0.2) is 18.2 Å². The van der Waals surface area contributed by atoms with Gasteiger partial charge in [0.05, 0.1) is 6.10 Å². The van der Waals surface area contributed by atoms with E-state index in [1.807, 2.05) is 45.9 Å². The fourth-order valence-corrected chi connectivity index (χ4v) is 1.44. The number of carbonyl (C=O) groups excluding carboxylic acids is 1. The molecule has 0 fully saturated rings. The van der Waals surface area contributed by atoms with Gasteiger partial charge in [0.15, 0.2) is 5.78 Å². The van der Waals surface area contributed by atoms with E-state index in [0.29, 0.717) is 6.42 Å². The summed E-state index contributed by atoms with van der Waals surface area (Å²) in [4.78, 5) is 11.6. The summed E-state index contributed by atoms with van der Waals surface area (Å²) in [5, 5.41) is 0. The van der Waals surface area contributed by atoms with Crippen LogP contribution in [0.3, 0.4) is 0 Å². The minimum atomic E-state index is 0.136. The third-order valence-corrected chi connectivity index (χ3v) is 2.20. The molecular formula is C13H18O2. The lowest BCUT2D eigenvalue weighted by atomic mass is 10.0. The maximum atomic E-state index is 11.6. The molecule has 0 aromatic heterocycles. The van der Waals surface area contributed by atoms with E-state index in [1.165, 1.54) is 0 Å². The first kappa shape index (κ1) is 11.8. The summed E-state index contributed by atoms with van der Waals surface area (Å²) >= 11 is 0. The lowest BCUT2D eigenvalue weighted by Gasteiger charge is -2.11. The van der Waals surface area contributed by atoms with Crippen molar-refractivity contribution in [2.45, 2.75) is 40.2 Å². The Kier molecular flexibility index (Phi) is 3.89. The Balaban J connectivity index is 3.00. The van der Waals surface area contributed by atoms with Gasteiger partial charge < -0.3 is 4.74 Å². The summed E-state index contributed by atoms with van der Waals surface area (Å²) in [6, 6.07) is 5.67. The molecule has 1 aromatic carbocycles.